The molecule has 6 saturated carbocycles. The Morgan fingerprint density at radius 2 is 0.792 bits per heavy atom. The van der Waals surface area contributed by atoms with Crippen LogP contribution in [0.2, 0.25) is 0 Å². The van der Waals surface area contributed by atoms with Crippen LogP contribution in [-0.4, -0.2) is 142 Å². The van der Waals surface area contributed by atoms with Gasteiger partial charge in [-0.1, -0.05) is 29.2 Å². The summed E-state index contributed by atoms with van der Waals surface area (Å²) in [6.45, 7) is 2.05. The molecule has 0 aliphatic heterocycles. The second-order valence-corrected chi connectivity index (χ2v) is 25.2. The monoisotopic (exact) mass is 1310 g/mol. The van der Waals surface area contributed by atoms with Crippen molar-refractivity contribution in [2.24, 2.45) is 17.8 Å². The standard InChI is InChI=1S/C23H27N5O3.2C22H26N6O3.3CH4/c1-2-15-12-21(26-19-4-3-9-24-23(19)31-17-7-8-17)27-22-18(13-25-28(15)22)20(30)11-14-5-6-16(29)10-14;2*1-23-20-11-19(26-17-3-2-8-24-22(17)31-15-6-7-15)27-21-16(12-25-28(20)21)18(30)10-13-4-5-14(29)9-13;;;/h3-4,9,12-14,16-17,29H,2,5-8,10-11H2,1H3,(H,26,27);2*2-3,8,11-15,23,29H,4-7,9-10H2,1H3,(H,26,27);3*1H4/t14-,16-;2*13-,14-;;;/m010.../s1. The minimum Gasteiger partial charge on any atom is -0.473 e. The Morgan fingerprint density at radius 1 is 0.469 bits per heavy atom. The number of ether oxygens (including phenoxy) is 3. The van der Waals surface area contributed by atoms with Crippen molar-refractivity contribution in [1.82, 2.24) is 58.7 Å². The van der Waals surface area contributed by atoms with Crippen LogP contribution < -0.4 is 40.8 Å². The smallest absolute Gasteiger partial charge is 0.238 e. The van der Waals surface area contributed by atoms with Crippen LogP contribution in [0.3, 0.4) is 0 Å². The molecule has 6 aliphatic carbocycles. The zero-order valence-corrected chi connectivity index (χ0v) is 52.4. The average molecular weight is 1310 g/mol. The van der Waals surface area contributed by atoms with E-state index in [1.165, 1.54) is 0 Å². The Hall–Kier alpha value is -9.40. The van der Waals surface area contributed by atoms with E-state index in [4.69, 9.17) is 19.2 Å². The van der Waals surface area contributed by atoms with E-state index in [-0.39, 0.29) is 94.0 Å². The molecule has 0 amide bonds. The third-order valence-electron chi connectivity index (χ3n) is 17.7. The number of hydrogen-bond acceptors (Lipinski definition) is 23. The lowest BCUT2D eigenvalue weighted by molar-refractivity contribution is 0.0949. The van der Waals surface area contributed by atoms with Gasteiger partial charge in [0.1, 0.15) is 64.5 Å². The molecule has 6 fully saturated rings. The highest BCUT2D eigenvalue weighted by atomic mass is 16.5. The summed E-state index contributed by atoms with van der Waals surface area (Å²) in [4.78, 5) is 66.1. The molecule has 0 unspecified atom stereocenters. The largest absolute Gasteiger partial charge is 0.473 e. The number of nitrogens with zero attached hydrogens (tertiary/aromatic N) is 12. The molecule has 0 radical (unpaired) electrons. The molecule has 8 N–H and O–H groups in total. The average Bonchev–Trinajstić information content (AvgIpc) is 1.62. The molecule has 0 aromatic carbocycles. The molecule has 9 heterocycles. The molecule has 26 heteroatoms. The zero-order chi connectivity index (χ0) is 64.1. The van der Waals surface area contributed by atoms with Crippen molar-refractivity contribution in [3.05, 3.63) is 114 Å². The van der Waals surface area contributed by atoms with Crippen LogP contribution in [0.4, 0.5) is 46.2 Å². The number of aryl methyl sites for hydroxylation is 1. The molecule has 0 spiro atoms. The Morgan fingerprint density at radius 3 is 1.09 bits per heavy atom. The maximum absolute atomic E-state index is 13.0. The van der Waals surface area contributed by atoms with Crippen LogP contribution in [0.5, 0.6) is 17.6 Å². The van der Waals surface area contributed by atoms with Gasteiger partial charge in [-0.2, -0.15) is 24.3 Å². The van der Waals surface area contributed by atoms with Crippen LogP contribution in [0.15, 0.2) is 91.8 Å². The number of fused-ring (bicyclic) bond motifs is 3. The van der Waals surface area contributed by atoms with Gasteiger partial charge in [-0.3, -0.25) is 14.4 Å². The third-order valence-corrected chi connectivity index (χ3v) is 17.7. The van der Waals surface area contributed by atoms with Gasteiger partial charge in [-0.05, 0) is 157 Å². The number of rotatable bonds is 24. The predicted molar refractivity (Wildman–Crippen MR) is 368 cm³/mol. The number of aliphatic hydroxyl groups is 3. The van der Waals surface area contributed by atoms with Gasteiger partial charge in [-0.15, -0.1) is 0 Å². The van der Waals surface area contributed by atoms with Gasteiger partial charge in [0.05, 0.1) is 53.6 Å². The Balaban J connectivity index is 0.000000154. The van der Waals surface area contributed by atoms with E-state index in [2.05, 4.69) is 66.8 Å². The second kappa shape index (κ2) is 31.0. The minimum atomic E-state index is -0.293. The number of carbonyl (C=O) groups is 3. The summed E-state index contributed by atoms with van der Waals surface area (Å²) >= 11 is 0. The van der Waals surface area contributed by atoms with E-state index >= 15 is 0 Å². The van der Waals surface area contributed by atoms with Crippen molar-refractivity contribution in [2.75, 3.05) is 40.7 Å². The molecular weight excluding hydrogens is 1220 g/mol. The lowest BCUT2D eigenvalue weighted by Crippen LogP contribution is -2.09. The van der Waals surface area contributed by atoms with Gasteiger partial charge in [0, 0.05) is 75.8 Å². The molecular formula is C70H91N17O9. The Bertz CT molecular complexity index is 3750. The highest BCUT2D eigenvalue weighted by Crippen LogP contribution is 2.38. The van der Waals surface area contributed by atoms with Crippen molar-refractivity contribution >= 4 is 80.4 Å². The number of anilines is 8. The Kier molecular flexibility index (Phi) is 22.4. The predicted octanol–water partition coefficient (Wildman–Crippen LogP) is 12.0. The zero-order valence-electron chi connectivity index (χ0n) is 52.4. The van der Waals surface area contributed by atoms with E-state index in [1.807, 2.05) is 61.5 Å². The van der Waals surface area contributed by atoms with Gasteiger partial charge in [0.2, 0.25) is 17.6 Å². The van der Waals surface area contributed by atoms with E-state index in [0.717, 1.165) is 106 Å². The van der Waals surface area contributed by atoms with E-state index < -0.39 is 0 Å². The summed E-state index contributed by atoms with van der Waals surface area (Å²) < 4.78 is 22.7. The maximum atomic E-state index is 13.0. The van der Waals surface area contributed by atoms with Crippen molar-refractivity contribution in [2.45, 2.75) is 188 Å². The number of carbonyl (C=O) groups excluding carboxylic acids is 3. The molecule has 0 saturated heterocycles. The quantitative estimate of drug-likeness (QED) is 0.0261. The van der Waals surface area contributed by atoms with E-state index in [1.54, 1.807) is 64.8 Å². The van der Waals surface area contributed by atoms with Crippen LogP contribution in [0.1, 0.15) is 182 Å². The van der Waals surface area contributed by atoms with Gasteiger partial charge >= 0.3 is 0 Å². The summed E-state index contributed by atoms with van der Waals surface area (Å²) in [5.41, 5.74) is 6.19. The summed E-state index contributed by atoms with van der Waals surface area (Å²) in [5, 5.41) is 58.6. The van der Waals surface area contributed by atoms with Crippen molar-refractivity contribution in [1.29, 1.82) is 0 Å². The molecule has 9 aromatic rings. The third kappa shape index (κ3) is 16.6. The highest BCUT2D eigenvalue weighted by Gasteiger charge is 2.32. The summed E-state index contributed by atoms with van der Waals surface area (Å²) in [6, 6.07) is 16.8. The second-order valence-electron chi connectivity index (χ2n) is 25.2. The number of Topliss-reactive ketones (excluding diaryl/α,β-unsaturated/α-hetero) is 3. The summed E-state index contributed by atoms with van der Waals surface area (Å²) in [7, 11) is 3.60. The number of aromatic nitrogens is 12. The fourth-order valence-electron chi connectivity index (χ4n) is 12.3. The number of hydrogen-bond donors (Lipinski definition) is 8. The molecule has 6 atom stereocenters. The lowest BCUT2D eigenvalue weighted by atomic mass is 9.98. The molecule has 15 rings (SSSR count). The highest BCUT2D eigenvalue weighted by molar-refractivity contribution is 6.03. The topological polar surface area (TPSA) is 329 Å². The maximum Gasteiger partial charge on any atom is 0.238 e. The first-order valence-corrected chi connectivity index (χ1v) is 32.6. The van der Waals surface area contributed by atoms with Gasteiger partial charge < -0.3 is 56.1 Å². The van der Waals surface area contributed by atoms with Gasteiger partial charge in [0.15, 0.2) is 34.3 Å². The number of pyridine rings is 3. The van der Waals surface area contributed by atoms with E-state index in [9.17, 15) is 29.7 Å². The normalized spacial score (nSPS) is 20.1. The fourth-order valence-corrected chi connectivity index (χ4v) is 12.3. The summed E-state index contributed by atoms with van der Waals surface area (Å²) in [5.74, 6) is 5.49. The number of ketones is 3. The number of aliphatic hydroxyl groups excluding tert-OH is 3. The first-order chi connectivity index (χ1) is 45.3. The van der Waals surface area contributed by atoms with Gasteiger partial charge in [0.25, 0.3) is 0 Å². The fraction of sp³-hybridized carbons (Fsp3) is 0.486. The van der Waals surface area contributed by atoms with Crippen LogP contribution in [0, 0.1) is 17.8 Å². The van der Waals surface area contributed by atoms with Crippen molar-refractivity contribution in [3.63, 3.8) is 0 Å². The number of nitrogens with one attached hydrogen (secondary N) is 5. The van der Waals surface area contributed by atoms with E-state index in [0.29, 0.717) is 119 Å². The molecule has 96 heavy (non-hydrogen) atoms. The van der Waals surface area contributed by atoms with Crippen LogP contribution in [-0.2, 0) is 6.42 Å². The summed E-state index contributed by atoms with van der Waals surface area (Å²) in [6.07, 6.45) is 24.9. The van der Waals surface area contributed by atoms with Crippen molar-refractivity contribution < 1.29 is 43.9 Å². The first-order valence-electron chi connectivity index (χ1n) is 32.6. The molecule has 510 valence electrons. The van der Waals surface area contributed by atoms with Crippen LogP contribution >= 0.6 is 0 Å². The Labute approximate surface area is 558 Å². The minimum absolute atomic E-state index is 0. The van der Waals surface area contributed by atoms with Crippen molar-refractivity contribution in [3.8, 4) is 17.6 Å². The SMILES string of the molecule is C.C.C.CCc1cc(Nc2cccnc2OC2CC2)nc2c(C(=O)C[C@H]3CC[C@H](O)C3)cnn12.CNc1cc(Nc2cccnc2OC2CC2)nc2c(C(=O)C[C@@H]3CC[C@@H](O)C3)cnn12.CNc1cc(Nc2cccnc2OC2CC2)nc2c(C(=O)C[C@H]3CC[C@H](O)C3)cnn12. The molecule has 9 aromatic heterocycles. The molecule has 6 aliphatic rings. The van der Waals surface area contributed by atoms with Crippen LogP contribution in [0.25, 0.3) is 16.9 Å². The lowest BCUT2D eigenvalue weighted by Gasteiger charge is -2.13. The first kappa shape index (κ1) is 69.4. The van der Waals surface area contributed by atoms with Gasteiger partial charge in [-0.25, -0.2) is 34.4 Å². The molecule has 26 nitrogen and oxygen atoms in total. The molecule has 0 bridgehead atoms.